The van der Waals surface area contributed by atoms with E-state index in [0.717, 1.165) is 0 Å². The molecule has 0 fully saturated rings. The molecule has 0 heterocycles. The first-order valence-corrected chi connectivity index (χ1v) is 11.5. The lowest BCUT2D eigenvalue weighted by molar-refractivity contribution is 0.0817. The highest BCUT2D eigenvalue weighted by Gasteiger charge is 2.17. The van der Waals surface area contributed by atoms with Crippen LogP contribution >= 0.6 is 0 Å². The van der Waals surface area contributed by atoms with Crippen LogP contribution in [0.4, 0.5) is 0 Å². The fourth-order valence-corrected chi connectivity index (χ4v) is 3.11. The Morgan fingerprint density at radius 3 is 1.43 bits per heavy atom. The van der Waals surface area contributed by atoms with Gasteiger partial charge in [-0.15, -0.1) is 0 Å². The van der Waals surface area contributed by atoms with Gasteiger partial charge < -0.3 is 4.90 Å². The van der Waals surface area contributed by atoms with Gasteiger partial charge in [0, 0.05) is 11.1 Å². The molecular formula is C27H39NO2. The fourth-order valence-electron chi connectivity index (χ4n) is 3.11. The van der Waals surface area contributed by atoms with E-state index in [1.807, 2.05) is 12.1 Å². The van der Waals surface area contributed by atoms with Crippen molar-refractivity contribution in [3.8, 4) is 0 Å². The number of nitrogens with zero attached hydrogens (tertiary/aromatic N) is 1. The van der Waals surface area contributed by atoms with Gasteiger partial charge in [-0.3, -0.25) is 9.59 Å². The molecule has 2 aromatic carbocycles. The maximum atomic E-state index is 11.8. The third-order valence-electron chi connectivity index (χ3n) is 5.21. The van der Waals surface area contributed by atoms with Crippen LogP contribution in [0.1, 0.15) is 85.9 Å². The van der Waals surface area contributed by atoms with Crippen LogP contribution in [-0.4, -0.2) is 36.6 Å². The van der Waals surface area contributed by atoms with Crippen LogP contribution in [0.15, 0.2) is 60.7 Å². The summed E-state index contributed by atoms with van der Waals surface area (Å²) in [5.74, 6) is -0.932. The summed E-state index contributed by atoms with van der Waals surface area (Å²) in [5, 5.41) is 0. The molecule has 164 valence electrons. The lowest BCUT2D eigenvalue weighted by Crippen LogP contribution is -2.18. The second kappa shape index (κ2) is 16.5. The fraction of sp³-hybridized carbons (Fsp3) is 0.481. The summed E-state index contributed by atoms with van der Waals surface area (Å²) in [6, 6.07) is 17.2. The van der Waals surface area contributed by atoms with Gasteiger partial charge in [0.2, 0.25) is 11.6 Å². The summed E-state index contributed by atoms with van der Waals surface area (Å²) in [6.45, 7) is 6.98. The van der Waals surface area contributed by atoms with E-state index in [-0.39, 0.29) is 0 Å². The van der Waals surface area contributed by atoms with E-state index in [1.165, 1.54) is 64.5 Å². The minimum atomic E-state index is -0.466. The van der Waals surface area contributed by atoms with E-state index in [9.17, 15) is 9.59 Å². The smallest absolute Gasteiger partial charge is 0.233 e. The highest BCUT2D eigenvalue weighted by Crippen LogP contribution is 2.09. The molecule has 3 heteroatoms. The number of ketones is 2. The van der Waals surface area contributed by atoms with E-state index in [2.05, 4.69) is 25.8 Å². The number of hydrogen-bond donors (Lipinski definition) is 0. The maximum Gasteiger partial charge on any atom is 0.233 e. The van der Waals surface area contributed by atoms with Gasteiger partial charge in [-0.2, -0.15) is 0 Å². The lowest BCUT2D eigenvalue weighted by Gasteiger charge is -2.12. The topological polar surface area (TPSA) is 37.4 Å². The molecule has 0 unspecified atom stereocenters. The number of hydrogen-bond acceptors (Lipinski definition) is 3. The molecule has 0 amide bonds. The first-order chi connectivity index (χ1) is 14.6. The summed E-state index contributed by atoms with van der Waals surface area (Å²) in [5.41, 5.74) is 0.854. The van der Waals surface area contributed by atoms with Gasteiger partial charge in [0.15, 0.2) is 0 Å². The lowest BCUT2D eigenvalue weighted by atomic mass is 10.0. The number of carbonyl (C=O) groups excluding carboxylic acids is 2. The summed E-state index contributed by atoms with van der Waals surface area (Å²) in [6.07, 6.45) is 11.4. The molecule has 0 saturated heterocycles. The van der Waals surface area contributed by atoms with Crippen LogP contribution in [0, 0.1) is 0 Å². The molecule has 30 heavy (non-hydrogen) atoms. The van der Waals surface area contributed by atoms with Gasteiger partial charge in [0.05, 0.1) is 0 Å². The summed E-state index contributed by atoms with van der Waals surface area (Å²) < 4.78 is 0. The summed E-state index contributed by atoms with van der Waals surface area (Å²) in [4.78, 5) is 26.0. The Balaban J connectivity index is 0.000000304. The van der Waals surface area contributed by atoms with E-state index in [0.29, 0.717) is 11.1 Å². The average molecular weight is 410 g/mol. The Labute approximate surface area is 183 Å². The molecular weight excluding hydrogens is 370 g/mol. The zero-order valence-corrected chi connectivity index (χ0v) is 19.1. The molecule has 3 nitrogen and oxygen atoms in total. The summed E-state index contributed by atoms with van der Waals surface area (Å²) in [7, 11) is 2.21. The Hall–Kier alpha value is -2.26. The quantitative estimate of drug-likeness (QED) is 0.207. The van der Waals surface area contributed by atoms with E-state index in [1.54, 1.807) is 48.5 Å². The van der Waals surface area contributed by atoms with Crippen molar-refractivity contribution < 1.29 is 9.59 Å². The van der Waals surface area contributed by atoms with E-state index < -0.39 is 11.6 Å². The molecule has 0 aliphatic heterocycles. The third-order valence-corrected chi connectivity index (χ3v) is 5.21. The van der Waals surface area contributed by atoms with Gasteiger partial charge in [-0.1, -0.05) is 119 Å². The SMILES string of the molecule is CCCCCCCCCCN(C)CC.O=C(C(=O)c1ccccc1)c1ccccc1. The zero-order valence-electron chi connectivity index (χ0n) is 19.1. The predicted molar refractivity (Wildman–Crippen MR) is 127 cm³/mol. The molecule has 0 radical (unpaired) electrons. The largest absolute Gasteiger partial charge is 0.307 e. The first-order valence-electron chi connectivity index (χ1n) is 11.5. The van der Waals surface area contributed by atoms with Crippen molar-refractivity contribution in [2.45, 2.75) is 65.2 Å². The van der Waals surface area contributed by atoms with Gasteiger partial charge in [0.25, 0.3) is 0 Å². The minimum absolute atomic E-state index is 0.427. The molecule has 0 atom stereocenters. The van der Waals surface area contributed by atoms with Crippen LogP contribution in [0.2, 0.25) is 0 Å². The van der Waals surface area contributed by atoms with Crippen LogP contribution in [0.3, 0.4) is 0 Å². The van der Waals surface area contributed by atoms with Crippen LogP contribution in [0.5, 0.6) is 0 Å². The zero-order chi connectivity index (χ0) is 22.0. The average Bonchev–Trinajstić information content (AvgIpc) is 2.81. The highest BCUT2D eigenvalue weighted by molar-refractivity contribution is 6.49. The molecule has 0 spiro atoms. The second-order valence-electron chi connectivity index (χ2n) is 7.76. The van der Waals surface area contributed by atoms with Gasteiger partial charge >= 0.3 is 0 Å². The summed E-state index contributed by atoms with van der Waals surface area (Å²) >= 11 is 0. The number of Topliss-reactive ketones (excluding diaryl/α,β-unsaturated/α-hetero) is 2. The number of rotatable bonds is 13. The predicted octanol–water partition coefficient (Wildman–Crippen LogP) is 6.83. The molecule has 0 N–H and O–H groups in total. The minimum Gasteiger partial charge on any atom is -0.307 e. The number of unbranched alkanes of at least 4 members (excludes halogenated alkanes) is 7. The Bertz CT molecular complexity index is 648. The second-order valence-corrected chi connectivity index (χ2v) is 7.76. The van der Waals surface area contributed by atoms with Crippen molar-refractivity contribution in [1.29, 1.82) is 0 Å². The van der Waals surface area contributed by atoms with Crippen molar-refractivity contribution in [2.75, 3.05) is 20.1 Å². The van der Waals surface area contributed by atoms with Crippen LogP contribution in [0.25, 0.3) is 0 Å². The van der Waals surface area contributed by atoms with Crippen molar-refractivity contribution in [3.05, 3.63) is 71.8 Å². The molecule has 0 bridgehead atoms. The van der Waals surface area contributed by atoms with Crippen molar-refractivity contribution in [2.24, 2.45) is 0 Å². The first kappa shape index (κ1) is 25.8. The Morgan fingerprint density at radius 1 is 0.633 bits per heavy atom. The van der Waals surface area contributed by atoms with Crippen molar-refractivity contribution in [1.82, 2.24) is 4.90 Å². The molecule has 0 aromatic heterocycles. The molecule has 0 aliphatic rings. The maximum absolute atomic E-state index is 11.8. The monoisotopic (exact) mass is 409 g/mol. The normalized spacial score (nSPS) is 10.4. The number of carbonyl (C=O) groups is 2. The van der Waals surface area contributed by atoms with Gasteiger partial charge in [-0.25, -0.2) is 0 Å². The molecule has 0 saturated carbocycles. The van der Waals surface area contributed by atoms with Crippen LogP contribution in [-0.2, 0) is 0 Å². The van der Waals surface area contributed by atoms with Gasteiger partial charge in [-0.05, 0) is 26.6 Å². The standard InChI is InChI=1S/C14H10O2.C13H29N/c15-13(11-7-3-1-4-8-11)14(16)12-9-5-2-6-10-12;1-4-6-7-8-9-10-11-12-13-14(3)5-2/h1-10H;4-13H2,1-3H3. The molecule has 2 rings (SSSR count). The Morgan fingerprint density at radius 2 is 1.03 bits per heavy atom. The van der Waals surface area contributed by atoms with Gasteiger partial charge in [0.1, 0.15) is 0 Å². The van der Waals surface area contributed by atoms with Crippen molar-refractivity contribution in [3.63, 3.8) is 0 Å². The van der Waals surface area contributed by atoms with E-state index >= 15 is 0 Å². The van der Waals surface area contributed by atoms with Crippen molar-refractivity contribution >= 4 is 11.6 Å². The Kier molecular flexibility index (Phi) is 14.2. The highest BCUT2D eigenvalue weighted by atomic mass is 16.2. The van der Waals surface area contributed by atoms with Crippen LogP contribution < -0.4 is 0 Å². The molecule has 2 aromatic rings. The molecule has 0 aliphatic carbocycles. The van der Waals surface area contributed by atoms with E-state index in [4.69, 9.17) is 0 Å². The third kappa shape index (κ3) is 11.1. The number of benzene rings is 2.